The van der Waals surface area contributed by atoms with Crippen molar-refractivity contribution in [3.63, 3.8) is 0 Å². The number of nitrogens with zero attached hydrogens (tertiary/aromatic N) is 2. The number of carboxylic acid groups (broad SMARTS) is 1. The van der Waals surface area contributed by atoms with Crippen LogP contribution in [0, 0.1) is 11.3 Å². The lowest BCUT2D eigenvalue weighted by Crippen LogP contribution is -2.37. The minimum atomic E-state index is -1.23. The number of H-pyrrole nitrogens is 1. The SMILES string of the molecule is N#Cc1cn(C(Cc2ccccc2)C(=O)O)c(=O)[nH]c1=O. The number of aliphatic carboxylic acids is 1. The van der Waals surface area contributed by atoms with E-state index in [0.29, 0.717) is 0 Å². The number of rotatable bonds is 4. The molecule has 0 saturated heterocycles. The van der Waals surface area contributed by atoms with Gasteiger partial charge in [-0.15, -0.1) is 0 Å². The Balaban J connectivity index is 2.49. The fourth-order valence-electron chi connectivity index (χ4n) is 1.94. The molecule has 7 nitrogen and oxygen atoms in total. The van der Waals surface area contributed by atoms with E-state index in [0.717, 1.165) is 16.3 Å². The van der Waals surface area contributed by atoms with Crippen molar-refractivity contribution in [2.24, 2.45) is 0 Å². The smallest absolute Gasteiger partial charge is 0.329 e. The van der Waals surface area contributed by atoms with Crippen LogP contribution < -0.4 is 11.2 Å². The number of hydrogen-bond acceptors (Lipinski definition) is 4. The summed E-state index contributed by atoms with van der Waals surface area (Å²) in [7, 11) is 0. The summed E-state index contributed by atoms with van der Waals surface area (Å²) < 4.78 is 0.856. The van der Waals surface area contributed by atoms with Crippen LogP contribution in [0.15, 0.2) is 46.1 Å². The molecule has 7 heteroatoms. The molecular weight excluding hydrogens is 274 g/mol. The van der Waals surface area contributed by atoms with E-state index in [2.05, 4.69) is 0 Å². The molecule has 1 heterocycles. The van der Waals surface area contributed by atoms with Gasteiger partial charge in [0, 0.05) is 12.6 Å². The van der Waals surface area contributed by atoms with Crippen molar-refractivity contribution in [1.29, 1.82) is 5.26 Å². The number of hydrogen-bond donors (Lipinski definition) is 2. The Bertz CT molecular complexity index is 815. The average Bonchev–Trinajstić information content (AvgIpc) is 2.46. The van der Waals surface area contributed by atoms with E-state index in [1.807, 2.05) is 4.98 Å². The maximum Gasteiger partial charge on any atom is 0.329 e. The number of benzene rings is 1. The first-order chi connectivity index (χ1) is 10.0. The first kappa shape index (κ1) is 14.3. The highest BCUT2D eigenvalue weighted by Crippen LogP contribution is 2.13. The third-order valence-corrected chi connectivity index (χ3v) is 2.98. The van der Waals surface area contributed by atoms with Gasteiger partial charge in [-0.3, -0.25) is 14.3 Å². The van der Waals surface area contributed by atoms with Gasteiger partial charge in [-0.1, -0.05) is 30.3 Å². The summed E-state index contributed by atoms with van der Waals surface area (Å²) in [6.07, 6.45) is 1.04. The fraction of sp³-hybridized carbons (Fsp3) is 0.143. The number of aromatic amines is 1. The molecule has 0 bridgehead atoms. The van der Waals surface area contributed by atoms with Crippen LogP contribution in [0.25, 0.3) is 0 Å². The highest BCUT2D eigenvalue weighted by Gasteiger charge is 2.22. The van der Waals surface area contributed by atoms with Gasteiger partial charge in [0.25, 0.3) is 5.56 Å². The van der Waals surface area contributed by atoms with E-state index in [1.54, 1.807) is 36.4 Å². The molecule has 0 radical (unpaired) electrons. The molecule has 0 aliphatic rings. The van der Waals surface area contributed by atoms with Crippen LogP contribution in [0.3, 0.4) is 0 Å². The lowest BCUT2D eigenvalue weighted by atomic mass is 10.1. The third-order valence-electron chi connectivity index (χ3n) is 2.98. The molecule has 0 amide bonds. The zero-order chi connectivity index (χ0) is 15.4. The molecule has 1 aromatic carbocycles. The summed E-state index contributed by atoms with van der Waals surface area (Å²) in [6.45, 7) is 0. The molecule has 0 aliphatic heterocycles. The number of carbonyl (C=O) groups is 1. The van der Waals surface area contributed by atoms with Gasteiger partial charge in [0.1, 0.15) is 17.7 Å². The van der Waals surface area contributed by atoms with Crippen molar-refractivity contribution in [3.05, 3.63) is 68.5 Å². The summed E-state index contributed by atoms with van der Waals surface area (Å²) in [5.41, 5.74) is -1.28. The predicted molar refractivity (Wildman–Crippen MR) is 72.9 cm³/mol. The zero-order valence-electron chi connectivity index (χ0n) is 10.8. The molecule has 0 aliphatic carbocycles. The Labute approximate surface area is 118 Å². The van der Waals surface area contributed by atoms with Crippen molar-refractivity contribution in [2.75, 3.05) is 0 Å². The Morgan fingerprint density at radius 1 is 1.33 bits per heavy atom. The minimum Gasteiger partial charge on any atom is -0.480 e. The van der Waals surface area contributed by atoms with Gasteiger partial charge in [-0.2, -0.15) is 5.26 Å². The average molecular weight is 285 g/mol. The third kappa shape index (κ3) is 3.06. The minimum absolute atomic E-state index is 0.0625. The predicted octanol–water partition coefficient (Wildman–Crippen LogP) is 0.277. The first-order valence-electron chi connectivity index (χ1n) is 6.05. The van der Waals surface area contributed by atoms with E-state index < -0.39 is 23.3 Å². The van der Waals surface area contributed by atoms with Crippen LogP contribution in [0.5, 0.6) is 0 Å². The maximum absolute atomic E-state index is 11.8. The van der Waals surface area contributed by atoms with Crippen molar-refractivity contribution in [3.8, 4) is 6.07 Å². The van der Waals surface area contributed by atoms with Gasteiger partial charge >= 0.3 is 11.7 Å². The van der Waals surface area contributed by atoms with Crippen LogP contribution in [0.2, 0.25) is 0 Å². The number of carboxylic acids is 1. The lowest BCUT2D eigenvalue weighted by Gasteiger charge is -2.15. The van der Waals surface area contributed by atoms with Crippen LogP contribution in [-0.4, -0.2) is 20.6 Å². The number of nitriles is 1. The molecule has 2 N–H and O–H groups in total. The van der Waals surface area contributed by atoms with Gasteiger partial charge < -0.3 is 5.11 Å². The fourth-order valence-corrected chi connectivity index (χ4v) is 1.94. The van der Waals surface area contributed by atoms with Crippen LogP contribution >= 0.6 is 0 Å². The molecule has 0 spiro atoms. The summed E-state index contributed by atoms with van der Waals surface area (Å²) in [4.78, 5) is 36.5. The standard InChI is InChI=1S/C14H11N3O4/c15-7-10-8-17(14(21)16-12(10)18)11(13(19)20)6-9-4-2-1-3-5-9/h1-5,8,11H,6H2,(H,19,20)(H,16,18,21). The van der Waals surface area contributed by atoms with Gasteiger partial charge in [0.2, 0.25) is 0 Å². The summed E-state index contributed by atoms with van der Waals surface area (Å²) in [5.74, 6) is -1.23. The number of nitrogens with one attached hydrogen (secondary N) is 1. The summed E-state index contributed by atoms with van der Waals surface area (Å²) >= 11 is 0. The Morgan fingerprint density at radius 2 is 2.00 bits per heavy atom. The van der Waals surface area contributed by atoms with Gasteiger partial charge in [-0.25, -0.2) is 9.59 Å². The summed E-state index contributed by atoms with van der Waals surface area (Å²) in [6, 6.07) is 9.19. The van der Waals surface area contributed by atoms with Crippen molar-refractivity contribution >= 4 is 5.97 Å². The largest absolute Gasteiger partial charge is 0.480 e. The molecule has 0 saturated carbocycles. The van der Waals surface area contributed by atoms with Crippen LogP contribution in [0.4, 0.5) is 0 Å². The van der Waals surface area contributed by atoms with Gasteiger partial charge in [0.05, 0.1) is 0 Å². The second-order valence-corrected chi connectivity index (χ2v) is 4.36. The molecule has 2 rings (SSSR count). The molecule has 1 atom stereocenters. The van der Waals surface area contributed by atoms with Crippen LogP contribution in [-0.2, 0) is 11.2 Å². The summed E-state index contributed by atoms with van der Waals surface area (Å²) in [5, 5.41) is 18.1. The molecule has 21 heavy (non-hydrogen) atoms. The van der Waals surface area contributed by atoms with Crippen molar-refractivity contribution in [2.45, 2.75) is 12.5 Å². The molecule has 2 aromatic rings. The van der Waals surface area contributed by atoms with Crippen molar-refractivity contribution in [1.82, 2.24) is 9.55 Å². The van der Waals surface area contributed by atoms with E-state index in [9.17, 15) is 19.5 Å². The number of aromatic nitrogens is 2. The molecule has 106 valence electrons. The second kappa shape index (κ2) is 5.88. The normalized spacial score (nSPS) is 11.6. The van der Waals surface area contributed by atoms with Crippen molar-refractivity contribution < 1.29 is 9.90 Å². The Morgan fingerprint density at radius 3 is 2.57 bits per heavy atom. The highest BCUT2D eigenvalue weighted by atomic mass is 16.4. The quantitative estimate of drug-likeness (QED) is 0.836. The molecule has 0 fully saturated rings. The Hall–Kier alpha value is -3.14. The van der Waals surface area contributed by atoms with Gasteiger partial charge in [0.15, 0.2) is 0 Å². The topological polar surface area (TPSA) is 116 Å². The monoisotopic (exact) mass is 285 g/mol. The maximum atomic E-state index is 11.8. The first-order valence-corrected chi connectivity index (χ1v) is 6.05. The highest BCUT2D eigenvalue weighted by molar-refractivity contribution is 5.72. The molecule has 1 aromatic heterocycles. The Kier molecular flexibility index (Phi) is 4.00. The molecule has 1 unspecified atom stereocenters. The molecular formula is C14H11N3O4. The second-order valence-electron chi connectivity index (χ2n) is 4.36. The zero-order valence-corrected chi connectivity index (χ0v) is 10.8. The lowest BCUT2D eigenvalue weighted by molar-refractivity contribution is -0.141. The van der Waals surface area contributed by atoms with E-state index in [-0.39, 0.29) is 12.0 Å². The van der Waals surface area contributed by atoms with E-state index in [4.69, 9.17) is 5.26 Å². The van der Waals surface area contributed by atoms with Crippen LogP contribution in [0.1, 0.15) is 17.2 Å². The van der Waals surface area contributed by atoms with E-state index >= 15 is 0 Å². The van der Waals surface area contributed by atoms with E-state index in [1.165, 1.54) is 0 Å². The van der Waals surface area contributed by atoms with Gasteiger partial charge in [-0.05, 0) is 5.56 Å².